The van der Waals surface area contributed by atoms with Gasteiger partial charge in [0.25, 0.3) is 5.91 Å². The summed E-state index contributed by atoms with van der Waals surface area (Å²) in [7, 11) is 1.97. The van der Waals surface area contributed by atoms with E-state index in [0.29, 0.717) is 5.56 Å². The second kappa shape index (κ2) is 6.96. The number of aryl methyl sites for hydroxylation is 3. The van der Waals surface area contributed by atoms with Gasteiger partial charge in [-0.2, -0.15) is 0 Å². The van der Waals surface area contributed by atoms with Crippen molar-refractivity contribution in [2.24, 2.45) is 7.05 Å². The predicted octanol–water partition coefficient (Wildman–Crippen LogP) is 4.92. The summed E-state index contributed by atoms with van der Waals surface area (Å²) >= 11 is 1.59. The van der Waals surface area contributed by atoms with Gasteiger partial charge in [-0.05, 0) is 61.9 Å². The lowest BCUT2D eigenvalue weighted by Crippen LogP contribution is -2.11. The third-order valence-corrected chi connectivity index (χ3v) is 5.75. The number of aromatic amines is 1. The van der Waals surface area contributed by atoms with Gasteiger partial charge in [0.2, 0.25) is 0 Å². The third-order valence-electron chi connectivity index (χ3n) is 4.67. The van der Waals surface area contributed by atoms with Gasteiger partial charge in [-0.1, -0.05) is 11.8 Å². The van der Waals surface area contributed by atoms with E-state index in [1.54, 1.807) is 18.0 Å². The maximum atomic E-state index is 12.6. The molecule has 2 heterocycles. The summed E-state index contributed by atoms with van der Waals surface area (Å²) in [6.45, 7) is 4.10. The van der Waals surface area contributed by atoms with Crippen LogP contribution in [0.15, 0.2) is 64.9 Å². The van der Waals surface area contributed by atoms with Crippen molar-refractivity contribution in [3.63, 3.8) is 0 Å². The van der Waals surface area contributed by atoms with Gasteiger partial charge >= 0.3 is 0 Å². The minimum Gasteiger partial charge on any atom is -0.358 e. The highest BCUT2D eigenvalue weighted by molar-refractivity contribution is 7.99. The Labute approximate surface area is 161 Å². The van der Waals surface area contributed by atoms with Crippen molar-refractivity contribution in [2.75, 3.05) is 5.32 Å². The number of nitrogens with one attached hydrogen (secondary N) is 2. The molecule has 27 heavy (non-hydrogen) atoms. The highest BCUT2D eigenvalue weighted by Gasteiger charge is 2.11. The van der Waals surface area contributed by atoms with Gasteiger partial charge in [0.05, 0.1) is 0 Å². The van der Waals surface area contributed by atoms with E-state index in [-0.39, 0.29) is 5.91 Å². The molecule has 0 radical (unpaired) electrons. The topological polar surface area (TPSA) is 62.7 Å². The van der Waals surface area contributed by atoms with Crippen molar-refractivity contribution < 1.29 is 4.79 Å². The van der Waals surface area contributed by atoms with Crippen molar-refractivity contribution in [1.29, 1.82) is 0 Å². The number of H-pyrrole nitrogens is 1. The molecule has 1 amide bonds. The molecule has 6 heteroatoms. The van der Waals surface area contributed by atoms with Crippen LogP contribution < -0.4 is 5.32 Å². The Bertz CT molecular complexity index is 1130. The minimum atomic E-state index is -0.111. The molecule has 0 bridgehead atoms. The molecule has 5 nitrogen and oxygen atoms in total. The Morgan fingerprint density at radius 1 is 1.15 bits per heavy atom. The molecule has 0 saturated carbocycles. The summed E-state index contributed by atoms with van der Waals surface area (Å²) in [6.07, 6.45) is 3.70. The van der Waals surface area contributed by atoms with Gasteiger partial charge in [0, 0.05) is 52.2 Å². The number of rotatable bonds is 4. The summed E-state index contributed by atoms with van der Waals surface area (Å²) < 4.78 is 1.97. The molecule has 0 aliphatic heterocycles. The van der Waals surface area contributed by atoms with Crippen LogP contribution in [0.3, 0.4) is 0 Å². The Morgan fingerprint density at radius 2 is 1.93 bits per heavy atom. The van der Waals surface area contributed by atoms with Gasteiger partial charge in [-0.15, -0.1) is 0 Å². The van der Waals surface area contributed by atoms with Gasteiger partial charge in [0.1, 0.15) is 0 Å². The Morgan fingerprint density at radius 3 is 2.63 bits per heavy atom. The van der Waals surface area contributed by atoms with Crippen molar-refractivity contribution in [3.05, 3.63) is 71.7 Å². The van der Waals surface area contributed by atoms with Gasteiger partial charge in [0.15, 0.2) is 5.16 Å². The van der Waals surface area contributed by atoms with Crippen LogP contribution in [0.25, 0.3) is 10.9 Å². The van der Waals surface area contributed by atoms with Gasteiger partial charge in [-0.3, -0.25) is 4.79 Å². The number of carbonyl (C=O) groups is 1. The normalized spacial score (nSPS) is 11.1. The first kappa shape index (κ1) is 17.4. The molecular weight excluding hydrogens is 356 g/mol. The molecule has 4 aromatic rings. The van der Waals surface area contributed by atoms with Crippen LogP contribution in [0.2, 0.25) is 0 Å². The highest BCUT2D eigenvalue weighted by atomic mass is 32.2. The van der Waals surface area contributed by atoms with E-state index in [4.69, 9.17) is 0 Å². The van der Waals surface area contributed by atoms with Crippen LogP contribution in [-0.2, 0) is 7.05 Å². The number of hydrogen-bond donors (Lipinski definition) is 2. The van der Waals surface area contributed by atoms with E-state index >= 15 is 0 Å². The lowest BCUT2D eigenvalue weighted by atomic mass is 10.1. The molecule has 0 spiro atoms. The average Bonchev–Trinajstić information content (AvgIpc) is 3.19. The Hall–Kier alpha value is -2.99. The number of fused-ring (bicyclic) bond motifs is 1. The summed E-state index contributed by atoms with van der Waals surface area (Å²) in [5, 5.41) is 4.98. The number of aromatic nitrogens is 3. The van der Waals surface area contributed by atoms with Crippen molar-refractivity contribution in [1.82, 2.24) is 14.5 Å². The quantitative estimate of drug-likeness (QED) is 0.531. The summed E-state index contributed by atoms with van der Waals surface area (Å²) in [4.78, 5) is 21.3. The Kier molecular flexibility index (Phi) is 4.49. The predicted molar refractivity (Wildman–Crippen MR) is 109 cm³/mol. The number of amides is 1. The smallest absolute Gasteiger partial charge is 0.255 e. The molecule has 2 N–H and O–H groups in total. The second-order valence-corrected chi connectivity index (χ2v) is 7.58. The van der Waals surface area contributed by atoms with E-state index in [0.717, 1.165) is 32.3 Å². The van der Waals surface area contributed by atoms with Crippen molar-refractivity contribution >= 4 is 34.3 Å². The molecule has 2 aromatic carbocycles. The zero-order valence-corrected chi connectivity index (χ0v) is 16.2. The molecule has 0 fully saturated rings. The fourth-order valence-corrected chi connectivity index (χ4v) is 3.77. The van der Waals surface area contributed by atoms with Crippen LogP contribution in [-0.4, -0.2) is 20.4 Å². The zero-order chi connectivity index (χ0) is 19.0. The Balaban J connectivity index is 1.49. The van der Waals surface area contributed by atoms with Gasteiger partial charge < -0.3 is 14.9 Å². The molecule has 0 aliphatic rings. The van der Waals surface area contributed by atoms with E-state index in [9.17, 15) is 4.79 Å². The summed E-state index contributed by atoms with van der Waals surface area (Å²) in [5.41, 5.74) is 4.78. The number of benzene rings is 2. The molecule has 0 saturated heterocycles. The van der Waals surface area contributed by atoms with Crippen LogP contribution in [0.5, 0.6) is 0 Å². The fraction of sp³-hybridized carbons (Fsp3) is 0.143. The molecule has 2 aromatic heterocycles. The third kappa shape index (κ3) is 3.48. The molecular formula is C21H20N4OS. The van der Waals surface area contributed by atoms with Crippen molar-refractivity contribution in [2.45, 2.75) is 23.9 Å². The van der Waals surface area contributed by atoms with Gasteiger partial charge in [-0.25, -0.2) is 4.98 Å². The maximum absolute atomic E-state index is 12.6. The first-order valence-corrected chi connectivity index (χ1v) is 9.48. The fourth-order valence-electron chi connectivity index (χ4n) is 2.97. The number of carbonyl (C=O) groups excluding carboxylic acids is 1. The number of nitrogens with zero attached hydrogens (tertiary/aromatic N) is 2. The van der Waals surface area contributed by atoms with Crippen LogP contribution >= 0.6 is 11.8 Å². The maximum Gasteiger partial charge on any atom is 0.255 e. The van der Waals surface area contributed by atoms with E-state index < -0.39 is 0 Å². The van der Waals surface area contributed by atoms with Crippen LogP contribution in [0.4, 0.5) is 5.69 Å². The van der Waals surface area contributed by atoms with E-state index in [1.165, 1.54) is 5.56 Å². The van der Waals surface area contributed by atoms with Crippen molar-refractivity contribution in [3.8, 4) is 0 Å². The summed E-state index contributed by atoms with van der Waals surface area (Å²) in [5.74, 6) is -0.111. The first-order chi connectivity index (χ1) is 13.0. The number of hydrogen-bond acceptors (Lipinski definition) is 3. The standard InChI is InChI=1S/C21H20N4OS/c1-13-14(2)23-19-9-4-15(12-18(13)19)20(26)24-16-5-7-17(8-6-16)27-21-22-10-11-25(21)3/h4-12,23H,1-3H3,(H,24,26). The largest absolute Gasteiger partial charge is 0.358 e. The summed E-state index contributed by atoms with van der Waals surface area (Å²) in [6, 6.07) is 13.5. The molecule has 136 valence electrons. The molecule has 0 unspecified atom stereocenters. The zero-order valence-electron chi connectivity index (χ0n) is 15.4. The van der Waals surface area contributed by atoms with E-state index in [2.05, 4.69) is 22.2 Å². The van der Waals surface area contributed by atoms with Crippen LogP contribution in [0, 0.1) is 13.8 Å². The second-order valence-electron chi connectivity index (χ2n) is 6.54. The number of imidazole rings is 1. The lowest BCUT2D eigenvalue weighted by molar-refractivity contribution is 0.102. The SMILES string of the molecule is Cc1[nH]c2ccc(C(=O)Nc3ccc(Sc4nccn4C)cc3)cc2c1C. The average molecular weight is 376 g/mol. The monoisotopic (exact) mass is 376 g/mol. The van der Waals surface area contributed by atoms with E-state index in [1.807, 2.05) is 67.2 Å². The molecule has 0 atom stereocenters. The minimum absolute atomic E-state index is 0.111. The van der Waals surface area contributed by atoms with Crippen LogP contribution in [0.1, 0.15) is 21.6 Å². The highest BCUT2D eigenvalue weighted by Crippen LogP contribution is 2.27. The number of anilines is 1. The lowest BCUT2D eigenvalue weighted by Gasteiger charge is -2.07. The molecule has 0 aliphatic carbocycles. The first-order valence-electron chi connectivity index (χ1n) is 8.67. The molecule has 4 rings (SSSR count).